The number of hydrogen-bond acceptors (Lipinski definition) is 6. The molecule has 32 heavy (non-hydrogen) atoms. The molecule has 1 aromatic carbocycles. The number of pyridine rings is 1. The van der Waals surface area contributed by atoms with Crippen molar-refractivity contribution < 1.29 is 18.3 Å². The van der Waals surface area contributed by atoms with Crippen LogP contribution in [0, 0.1) is 11.8 Å². The van der Waals surface area contributed by atoms with Crippen LogP contribution >= 0.6 is 0 Å². The standard InChI is InChI=1S/C24H33N3O4S/c1-17-13-27(18(2)16-28)32(29,30)24-9-8-20(21-5-4-10-25-12-21)11-22(24)31-23(17)15-26(3)14-19-6-7-19/h4-5,8-12,17-19,23,28H,6-7,13-16H2,1-3H3/t17-,18-,23-/m0/s1. The molecule has 0 saturated heterocycles. The molecule has 1 aromatic heterocycles. The first-order chi connectivity index (χ1) is 15.3. The normalized spacial score (nSPS) is 24.3. The Kier molecular flexibility index (Phi) is 6.86. The highest BCUT2D eigenvalue weighted by Crippen LogP contribution is 2.37. The van der Waals surface area contributed by atoms with E-state index in [1.54, 1.807) is 37.5 Å². The largest absolute Gasteiger partial charge is 0.487 e. The highest BCUT2D eigenvalue weighted by Gasteiger charge is 2.38. The zero-order valence-electron chi connectivity index (χ0n) is 19.0. The molecule has 1 aliphatic carbocycles. The second-order valence-corrected chi connectivity index (χ2v) is 11.2. The number of sulfonamides is 1. The Balaban J connectivity index is 1.74. The Morgan fingerprint density at radius 3 is 2.69 bits per heavy atom. The van der Waals surface area contributed by atoms with Gasteiger partial charge in [-0.2, -0.15) is 4.31 Å². The van der Waals surface area contributed by atoms with E-state index in [4.69, 9.17) is 4.74 Å². The molecule has 7 nitrogen and oxygen atoms in total. The van der Waals surface area contributed by atoms with Gasteiger partial charge in [0, 0.05) is 49.6 Å². The molecule has 1 aliphatic heterocycles. The van der Waals surface area contributed by atoms with E-state index >= 15 is 0 Å². The van der Waals surface area contributed by atoms with Gasteiger partial charge in [-0.3, -0.25) is 4.98 Å². The van der Waals surface area contributed by atoms with E-state index in [0.717, 1.165) is 30.1 Å². The van der Waals surface area contributed by atoms with E-state index in [1.807, 2.05) is 19.1 Å². The lowest BCUT2D eigenvalue weighted by Crippen LogP contribution is -2.49. The zero-order valence-corrected chi connectivity index (χ0v) is 19.8. The van der Waals surface area contributed by atoms with Gasteiger partial charge in [-0.15, -0.1) is 0 Å². The van der Waals surface area contributed by atoms with Gasteiger partial charge in [0.25, 0.3) is 0 Å². The van der Waals surface area contributed by atoms with Gasteiger partial charge in [0.05, 0.1) is 6.61 Å². The van der Waals surface area contributed by atoms with Gasteiger partial charge in [0.1, 0.15) is 16.7 Å². The summed E-state index contributed by atoms with van der Waals surface area (Å²) in [6.07, 6.45) is 5.85. The van der Waals surface area contributed by atoms with Crippen molar-refractivity contribution >= 4 is 10.0 Å². The minimum Gasteiger partial charge on any atom is -0.487 e. The maximum atomic E-state index is 13.6. The fourth-order valence-corrected chi connectivity index (χ4v) is 6.11. The Bertz CT molecular complexity index is 1030. The topological polar surface area (TPSA) is 83.0 Å². The van der Waals surface area contributed by atoms with Crippen molar-refractivity contribution in [2.45, 2.75) is 43.7 Å². The zero-order chi connectivity index (χ0) is 22.9. The molecule has 2 aliphatic rings. The predicted octanol–water partition coefficient (Wildman–Crippen LogP) is 2.86. The monoisotopic (exact) mass is 459 g/mol. The fourth-order valence-electron chi connectivity index (χ4n) is 4.28. The number of hydrogen-bond donors (Lipinski definition) is 1. The Morgan fingerprint density at radius 2 is 2.03 bits per heavy atom. The summed E-state index contributed by atoms with van der Waals surface area (Å²) < 4.78 is 35.0. The first-order valence-corrected chi connectivity index (χ1v) is 12.8. The van der Waals surface area contributed by atoms with E-state index < -0.39 is 16.1 Å². The van der Waals surface area contributed by atoms with Crippen molar-refractivity contribution in [1.29, 1.82) is 0 Å². The lowest BCUT2D eigenvalue weighted by molar-refractivity contribution is 0.0741. The van der Waals surface area contributed by atoms with Crippen molar-refractivity contribution in [2.24, 2.45) is 11.8 Å². The van der Waals surface area contributed by atoms with E-state index in [1.165, 1.54) is 17.1 Å². The molecular weight excluding hydrogens is 426 g/mol. The van der Waals surface area contributed by atoms with Crippen molar-refractivity contribution in [3.8, 4) is 16.9 Å². The van der Waals surface area contributed by atoms with E-state index in [2.05, 4.69) is 16.9 Å². The van der Waals surface area contributed by atoms with Crippen LogP contribution in [0.5, 0.6) is 5.75 Å². The quantitative estimate of drug-likeness (QED) is 0.686. The van der Waals surface area contributed by atoms with Crippen molar-refractivity contribution in [1.82, 2.24) is 14.2 Å². The summed E-state index contributed by atoms with van der Waals surface area (Å²) in [5, 5.41) is 9.77. The number of aliphatic hydroxyl groups excluding tert-OH is 1. The molecule has 0 spiro atoms. The van der Waals surface area contributed by atoms with Gasteiger partial charge in [-0.25, -0.2) is 8.42 Å². The third-order valence-electron chi connectivity index (χ3n) is 6.42. The number of benzene rings is 1. The van der Waals surface area contributed by atoms with Gasteiger partial charge in [0.15, 0.2) is 0 Å². The smallest absolute Gasteiger partial charge is 0.247 e. The number of nitrogens with zero attached hydrogens (tertiary/aromatic N) is 3. The lowest BCUT2D eigenvalue weighted by Gasteiger charge is -2.37. The van der Waals surface area contributed by atoms with Crippen LogP contribution in [-0.4, -0.2) is 73.1 Å². The highest BCUT2D eigenvalue weighted by molar-refractivity contribution is 7.89. The Labute approximate surface area is 191 Å². The summed E-state index contributed by atoms with van der Waals surface area (Å²) in [6, 6.07) is 8.48. The van der Waals surface area contributed by atoms with Crippen LogP contribution in [0.15, 0.2) is 47.6 Å². The molecule has 1 saturated carbocycles. The summed E-state index contributed by atoms with van der Waals surface area (Å²) >= 11 is 0. The third kappa shape index (κ3) is 4.98. The van der Waals surface area contributed by atoms with Gasteiger partial charge in [0.2, 0.25) is 10.0 Å². The van der Waals surface area contributed by atoms with Gasteiger partial charge in [-0.1, -0.05) is 19.1 Å². The molecule has 1 N–H and O–H groups in total. The molecule has 0 bridgehead atoms. The highest BCUT2D eigenvalue weighted by atomic mass is 32.2. The lowest BCUT2D eigenvalue weighted by atomic mass is 10.0. The summed E-state index contributed by atoms with van der Waals surface area (Å²) in [5.41, 5.74) is 1.75. The van der Waals surface area contributed by atoms with Gasteiger partial charge < -0.3 is 14.7 Å². The van der Waals surface area contributed by atoms with Crippen LogP contribution in [0.4, 0.5) is 0 Å². The van der Waals surface area contributed by atoms with E-state index in [-0.39, 0.29) is 23.5 Å². The second-order valence-electron chi connectivity index (χ2n) is 9.31. The van der Waals surface area contributed by atoms with E-state index in [0.29, 0.717) is 12.3 Å². The molecule has 8 heteroatoms. The maximum Gasteiger partial charge on any atom is 0.247 e. The van der Waals surface area contributed by atoms with Crippen molar-refractivity contribution in [3.63, 3.8) is 0 Å². The Hall–Kier alpha value is -2.00. The Morgan fingerprint density at radius 1 is 1.25 bits per heavy atom. The molecule has 2 heterocycles. The van der Waals surface area contributed by atoms with E-state index in [9.17, 15) is 13.5 Å². The average molecular weight is 460 g/mol. The first-order valence-electron chi connectivity index (χ1n) is 11.3. The SMILES string of the molecule is C[C@H]1CN([C@@H](C)CO)S(=O)(=O)c2ccc(-c3cccnc3)cc2O[C@H]1CN(C)CC1CC1. The van der Waals surface area contributed by atoms with Crippen LogP contribution in [0.3, 0.4) is 0 Å². The van der Waals surface area contributed by atoms with Crippen molar-refractivity contribution in [3.05, 3.63) is 42.7 Å². The minimum absolute atomic E-state index is 0.0457. The first kappa shape index (κ1) is 23.2. The number of rotatable bonds is 7. The van der Waals surface area contributed by atoms with Crippen LogP contribution in [0.1, 0.15) is 26.7 Å². The molecule has 2 aromatic rings. The second kappa shape index (κ2) is 9.47. The molecular formula is C24H33N3O4S. The van der Waals surface area contributed by atoms with Crippen LogP contribution in [0.25, 0.3) is 11.1 Å². The minimum atomic E-state index is -3.83. The van der Waals surface area contributed by atoms with Gasteiger partial charge in [-0.05, 0) is 56.5 Å². The number of fused-ring (bicyclic) bond motifs is 1. The van der Waals surface area contributed by atoms with Crippen LogP contribution in [-0.2, 0) is 10.0 Å². The average Bonchev–Trinajstić information content (AvgIpc) is 3.59. The summed E-state index contributed by atoms with van der Waals surface area (Å²) in [6.45, 7) is 5.58. The molecule has 0 unspecified atom stereocenters. The van der Waals surface area contributed by atoms with Crippen molar-refractivity contribution in [2.75, 3.05) is 33.3 Å². The number of aliphatic hydroxyl groups is 1. The van der Waals surface area contributed by atoms with Crippen LogP contribution < -0.4 is 4.74 Å². The predicted molar refractivity (Wildman–Crippen MR) is 124 cm³/mol. The summed E-state index contributed by atoms with van der Waals surface area (Å²) in [5.74, 6) is 1.08. The summed E-state index contributed by atoms with van der Waals surface area (Å²) in [7, 11) is -1.73. The summed E-state index contributed by atoms with van der Waals surface area (Å²) in [4.78, 5) is 6.62. The fraction of sp³-hybridized carbons (Fsp3) is 0.542. The molecule has 0 amide bonds. The number of ether oxygens (including phenoxy) is 1. The molecule has 174 valence electrons. The van der Waals surface area contributed by atoms with Gasteiger partial charge >= 0.3 is 0 Å². The molecule has 4 rings (SSSR count). The maximum absolute atomic E-state index is 13.6. The third-order valence-corrected chi connectivity index (χ3v) is 8.44. The molecule has 3 atom stereocenters. The molecule has 1 fully saturated rings. The number of aromatic nitrogens is 1. The molecule has 0 radical (unpaired) electrons. The van der Waals surface area contributed by atoms with Crippen LogP contribution in [0.2, 0.25) is 0 Å². The number of likely N-dealkylation sites (N-methyl/N-ethyl adjacent to an activating group) is 1.